The molecule has 0 bridgehead atoms. The predicted octanol–water partition coefficient (Wildman–Crippen LogP) is 3.85. The maximum absolute atomic E-state index is 13.5. The van der Waals surface area contributed by atoms with Crippen LogP contribution in [0.1, 0.15) is 0 Å². The Labute approximate surface area is 83.3 Å². The summed E-state index contributed by atoms with van der Waals surface area (Å²) < 4.78 is 18.8. The molecule has 0 fully saturated rings. The molecule has 0 saturated carbocycles. The highest BCUT2D eigenvalue weighted by molar-refractivity contribution is 9.10. The standard InChI is InChI=1S/C10H6BrFO/c11-9-3-1-2-8(10(9)12)7-4-5-13-6-7/h1-6H. The van der Waals surface area contributed by atoms with Gasteiger partial charge in [0.05, 0.1) is 17.0 Å². The van der Waals surface area contributed by atoms with Gasteiger partial charge in [0, 0.05) is 11.1 Å². The van der Waals surface area contributed by atoms with Crippen LogP contribution in [-0.2, 0) is 0 Å². The highest BCUT2D eigenvalue weighted by Gasteiger charge is 2.08. The van der Waals surface area contributed by atoms with Crippen LogP contribution in [0.25, 0.3) is 11.1 Å². The van der Waals surface area contributed by atoms with Crippen molar-refractivity contribution in [2.45, 2.75) is 0 Å². The molecule has 0 amide bonds. The molecule has 1 nitrogen and oxygen atoms in total. The van der Waals surface area contributed by atoms with Crippen molar-refractivity contribution in [2.75, 3.05) is 0 Å². The van der Waals surface area contributed by atoms with Gasteiger partial charge in [-0.2, -0.15) is 0 Å². The van der Waals surface area contributed by atoms with E-state index < -0.39 is 0 Å². The summed E-state index contributed by atoms with van der Waals surface area (Å²) in [5.41, 5.74) is 1.29. The Morgan fingerprint density at radius 1 is 1.23 bits per heavy atom. The van der Waals surface area contributed by atoms with Gasteiger partial charge >= 0.3 is 0 Å². The fourth-order valence-electron chi connectivity index (χ4n) is 1.14. The number of hydrogen-bond acceptors (Lipinski definition) is 1. The molecular weight excluding hydrogens is 235 g/mol. The molecule has 0 saturated heterocycles. The maximum atomic E-state index is 13.5. The van der Waals surface area contributed by atoms with Crippen molar-refractivity contribution in [3.8, 4) is 11.1 Å². The zero-order valence-electron chi connectivity index (χ0n) is 6.63. The normalized spacial score (nSPS) is 10.3. The Bertz CT molecular complexity index is 409. The number of rotatable bonds is 1. The van der Waals surface area contributed by atoms with Gasteiger partial charge in [-0.1, -0.05) is 12.1 Å². The number of halogens is 2. The molecule has 66 valence electrons. The zero-order valence-corrected chi connectivity index (χ0v) is 8.21. The van der Waals surface area contributed by atoms with E-state index in [1.54, 1.807) is 24.3 Å². The van der Waals surface area contributed by atoms with Gasteiger partial charge in [0.15, 0.2) is 0 Å². The fraction of sp³-hybridized carbons (Fsp3) is 0. The van der Waals surface area contributed by atoms with Crippen molar-refractivity contribution in [2.24, 2.45) is 0 Å². The summed E-state index contributed by atoms with van der Waals surface area (Å²) in [5.74, 6) is -0.260. The number of benzene rings is 1. The second-order valence-electron chi connectivity index (χ2n) is 2.61. The van der Waals surface area contributed by atoms with Crippen LogP contribution in [0.5, 0.6) is 0 Å². The first kappa shape index (κ1) is 8.51. The molecule has 0 N–H and O–H groups in total. The van der Waals surface area contributed by atoms with Crippen LogP contribution < -0.4 is 0 Å². The first-order chi connectivity index (χ1) is 6.29. The maximum Gasteiger partial charge on any atom is 0.145 e. The summed E-state index contributed by atoms with van der Waals surface area (Å²) in [5, 5.41) is 0. The Balaban J connectivity index is 2.59. The molecule has 2 rings (SSSR count). The molecule has 0 aliphatic heterocycles. The van der Waals surface area contributed by atoms with E-state index in [2.05, 4.69) is 15.9 Å². The zero-order chi connectivity index (χ0) is 9.26. The van der Waals surface area contributed by atoms with Crippen molar-refractivity contribution < 1.29 is 8.81 Å². The van der Waals surface area contributed by atoms with Crippen molar-refractivity contribution >= 4 is 15.9 Å². The van der Waals surface area contributed by atoms with Crippen LogP contribution in [0.15, 0.2) is 45.7 Å². The van der Waals surface area contributed by atoms with Crippen LogP contribution in [0.3, 0.4) is 0 Å². The van der Waals surface area contributed by atoms with E-state index in [-0.39, 0.29) is 5.82 Å². The lowest BCUT2D eigenvalue weighted by Gasteiger charge is -2.00. The van der Waals surface area contributed by atoms with Crippen LogP contribution in [0.2, 0.25) is 0 Å². The molecule has 2 aromatic rings. The first-order valence-corrected chi connectivity index (χ1v) is 4.55. The van der Waals surface area contributed by atoms with Gasteiger partial charge in [-0.3, -0.25) is 0 Å². The summed E-state index contributed by atoms with van der Waals surface area (Å²) >= 11 is 3.13. The van der Waals surface area contributed by atoms with Crippen molar-refractivity contribution in [3.05, 3.63) is 47.1 Å². The van der Waals surface area contributed by atoms with Crippen LogP contribution in [-0.4, -0.2) is 0 Å². The third-order valence-electron chi connectivity index (χ3n) is 1.78. The van der Waals surface area contributed by atoms with Crippen molar-refractivity contribution in [1.29, 1.82) is 0 Å². The van der Waals surface area contributed by atoms with Gasteiger partial charge in [0.1, 0.15) is 5.82 Å². The minimum Gasteiger partial charge on any atom is -0.472 e. The average Bonchev–Trinajstić information content (AvgIpc) is 2.62. The summed E-state index contributed by atoms with van der Waals surface area (Å²) in [6.07, 6.45) is 3.04. The van der Waals surface area contributed by atoms with Crippen molar-refractivity contribution in [3.63, 3.8) is 0 Å². The molecular formula is C10H6BrFO. The molecule has 3 heteroatoms. The molecule has 0 atom stereocenters. The minimum atomic E-state index is -0.260. The molecule has 13 heavy (non-hydrogen) atoms. The molecule has 0 spiro atoms. The van der Waals surface area contributed by atoms with Gasteiger partial charge in [-0.15, -0.1) is 0 Å². The van der Waals surface area contributed by atoms with Crippen LogP contribution in [0, 0.1) is 5.82 Å². The highest BCUT2D eigenvalue weighted by atomic mass is 79.9. The Morgan fingerprint density at radius 2 is 2.08 bits per heavy atom. The molecule has 1 aromatic carbocycles. The molecule has 0 unspecified atom stereocenters. The average molecular weight is 241 g/mol. The first-order valence-electron chi connectivity index (χ1n) is 3.75. The largest absolute Gasteiger partial charge is 0.472 e. The van der Waals surface area contributed by atoms with Gasteiger partial charge in [-0.25, -0.2) is 4.39 Å². The molecule has 0 aliphatic rings. The number of hydrogen-bond donors (Lipinski definition) is 0. The Kier molecular flexibility index (Phi) is 2.19. The highest BCUT2D eigenvalue weighted by Crippen LogP contribution is 2.27. The topological polar surface area (TPSA) is 13.1 Å². The lowest BCUT2D eigenvalue weighted by atomic mass is 10.1. The van der Waals surface area contributed by atoms with Gasteiger partial charge in [-0.05, 0) is 28.1 Å². The Morgan fingerprint density at radius 3 is 2.77 bits per heavy atom. The monoisotopic (exact) mass is 240 g/mol. The molecule has 0 aliphatic carbocycles. The molecule has 0 radical (unpaired) electrons. The van der Waals surface area contributed by atoms with Gasteiger partial charge < -0.3 is 4.42 Å². The van der Waals surface area contributed by atoms with Crippen LogP contribution in [0.4, 0.5) is 4.39 Å². The minimum absolute atomic E-state index is 0.260. The van der Waals surface area contributed by atoms with E-state index in [4.69, 9.17) is 4.42 Å². The van der Waals surface area contributed by atoms with E-state index in [1.807, 2.05) is 0 Å². The fourth-order valence-corrected chi connectivity index (χ4v) is 1.51. The van der Waals surface area contributed by atoms with Gasteiger partial charge in [0.2, 0.25) is 0 Å². The lowest BCUT2D eigenvalue weighted by molar-refractivity contribution is 0.567. The SMILES string of the molecule is Fc1c(Br)cccc1-c1ccoc1. The predicted molar refractivity (Wildman–Crippen MR) is 51.8 cm³/mol. The lowest BCUT2D eigenvalue weighted by Crippen LogP contribution is -1.82. The van der Waals surface area contributed by atoms with E-state index in [0.29, 0.717) is 10.0 Å². The van der Waals surface area contributed by atoms with E-state index in [1.165, 1.54) is 12.5 Å². The van der Waals surface area contributed by atoms with E-state index in [9.17, 15) is 4.39 Å². The third-order valence-corrected chi connectivity index (χ3v) is 2.40. The third kappa shape index (κ3) is 1.52. The summed E-state index contributed by atoms with van der Waals surface area (Å²) in [7, 11) is 0. The summed E-state index contributed by atoms with van der Waals surface area (Å²) in [6, 6.07) is 6.89. The van der Waals surface area contributed by atoms with E-state index in [0.717, 1.165) is 5.56 Å². The molecule has 1 heterocycles. The second kappa shape index (κ2) is 3.34. The second-order valence-corrected chi connectivity index (χ2v) is 3.47. The Hall–Kier alpha value is -1.09. The number of furan rings is 1. The van der Waals surface area contributed by atoms with Crippen molar-refractivity contribution in [1.82, 2.24) is 0 Å². The van der Waals surface area contributed by atoms with Gasteiger partial charge in [0.25, 0.3) is 0 Å². The summed E-state index contributed by atoms with van der Waals surface area (Å²) in [4.78, 5) is 0. The smallest absolute Gasteiger partial charge is 0.145 e. The molecule has 1 aromatic heterocycles. The van der Waals surface area contributed by atoms with Crippen LogP contribution >= 0.6 is 15.9 Å². The van der Waals surface area contributed by atoms with E-state index >= 15 is 0 Å². The quantitative estimate of drug-likeness (QED) is 0.739. The summed E-state index contributed by atoms with van der Waals surface area (Å²) in [6.45, 7) is 0.